The molecule has 0 aliphatic heterocycles. The molecule has 0 unspecified atom stereocenters. The molecule has 0 N–H and O–H groups in total. The summed E-state index contributed by atoms with van der Waals surface area (Å²) in [6.07, 6.45) is 4.62. The standard InChI is InChI=1S/C23H26ClN3OS.ClH/c1-15-12-19(24)14-20-21(15)25-23(29-20)27(11-10-26(2)3)22(28)18-9-8-16-6-4-5-7-17(16)13-18;/h8-9,12-14H,4-7,10-11H2,1-3H3;1H. The lowest BCUT2D eigenvalue weighted by Gasteiger charge is -2.23. The summed E-state index contributed by atoms with van der Waals surface area (Å²) in [6.45, 7) is 3.37. The molecule has 4 rings (SSSR count). The fourth-order valence-corrected chi connectivity index (χ4v) is 5.31. The number of halogens is 2. The van der Waals surface area contributed by atoms with Gasteiger partial charge in [0.2, 0.25) is 0 Å². The topological polar surface area (TPSA) is 36.4 Å². The third kappa shape index (κ3) is 4.80. The van der Waals surface area contributed by atoms with Crippen molar-refractivity contribution in [3.8, 4) is 0 Å². The second kappa shape index (κ2) is 9.65. The van der Waals surface area contributed by atoms with Crippen molar-refractivity contribution >= 4 is 56.6 Å². The maximum atomic E-state index is 13.5. The molecule has 7 heteroatoms. The Bertz CT molecular complexity index is 1060. The zero-order valence-corrected chi connectivity index (χ0v) is 20.0. The molecule has 0 saturated heterocycles. The number of aromatic nitrogens is 1. The van der Waals surface area contributed by atoms with Crippen molar-refractivity contribution in [2.24, 2.45) is 0 Å². The summed E-state index contributed by atoms with van der Waals surface area (Å²) < 4.78 is 1.01. The van der Waals surface area contributed by atoms with Crippen LogP contribution in [0.4, 0.5) is 5.13 Å². The summed E-state index contributed by atoms with van der Waals surface area (Å²) in [6, 6.07) is 10.1. The van der Waals surface area contributed by atoms with E-state index in [-0.39, 0.29) is 18.3 Å². The van der Waals surface area contributed by atoms with E-state index in [1.165, 1.54) is 35.3 Å². The van der Waals surface area contributed by atoms with Crippen molar-refractivity contribution in [2.45, 2.75) is 32.6 Å². The highest BCUT2D eigenvalue weighted by Crippen LogP contribution is 2.34. The molecule has 0 bridgehead atoms. The number of fused-ring (bicyclic) bond motifs is 2. The fourth-order valence-electron chi connectivity index (χ4n) is 3.86. The number of benzene rings is 2. The van der Waals surface area contributed by atoms with Crippen molar-refractivity contribution in [1.29, 1.82) is 0 Å². The number of hydrogen-bond acceptors (Lipinski definition) is 4. The molecule has 0 fully saturated rings. The van der Waals surface area contributed by atoms with Gasteiger partial charge >= 0.3 is 0 Å². The van der Waals surface area contributed by atoms with Crippen LogP contribution >= 0.6 is 35.3 Å². The van der Waals surface area contributed by atoms with Crippen LogP contribution < -0.4 is 4.90 Å². The van der Waals surface area contributed by atoms with Crippen LogP contribution in [-0.4, -0.2) is 43.0 Å². The number of aryl methyl sites for hydroxylation is 3. The molecule has 0 atom stereocenters. The number of carbonyl (C=O) groups is 1. The van der Waals surface area contributed by atoms with Crippen LogP contribution in [0.1, 0.15) is 39.9 Å². The van der Waals surface area contributed by atoms with E-state index >= 15 is 0 Å². The Morgan fingerprint density at radius 1 is 1.10 bits per heavy atom. The van der Waals surface area contributed by atoms with Crippen molar-refractivity contribution in [3.63, 3.8) is 0 Å². The van der Waals surface area contributed by atoms with E-state index in [9.17, 15) is 4.79 Å². The molecule has 1 aliphatic rings. The first-order valence-electron chi connectivity index (χ1n) is 10.1. The number of anilines is 1. The Labute approximate surface area is 193 Å². The summed E-state index contributed by atoms with van der Waals surface area (Å²) >= 11 is 7.76. The molecule has 160 valence electrons. The molecule has 1 aromatic heterocycles. The number of hydrogen-bond donors (Lipinski definition) is 0. The molecular weight excluding hydrogens is 437 g/mol. The van der Waals surface area contributed by atoms with Gasteiger partial charge in [-0.2, -0.15) is 0 Å². The van der Waals surface area contributed by atoms with Crippen molar-refractivity contribution in [3.05, 3.63) is 57.6 Å². The van der Waals surface area contributed by atoms with E-state index in [0.29, 0.717) is 11.6 Å². The lowest BCUT2D eigenvalue weighted by Crippen LogP contribution is -2.36. The highest BCUT2D eigenvalue weighted by Gasteiger charge is 2.23. The maximum absolute atomic E-state index is 13.5. The lowest BCUT2D eigenvalue weighted by molar-refractivity contribution is 0.0985. The van der Waals surface area contributed by atoms with Crippen LogP contribution in [0.15, 0.2) is 30.3 Å². The normalized spacial score (nSPS) is 13.2. The van der Waals surface area contributed by atoms with E-state index in [0.717, 1.165) is 45.9 Å². The van der Waals surface area contributed by atoms with Gasteiger partial charge in [-0.25, -0.2) is 4.98 Å². The van der Waals surface area contributed by atoms with Gasteiger partial charge in [-0.05, 0) is 87.7 Å². The summed E-state index contributed by atoms with van der Waals surface area (Å²) in [5, 5.41) is 1.43. The Morgan fingerprint density at radius 2 is 1.83 bits per heavy atom. The molecule has 1 amide bonds. The molecule has 2 aromatic carbocycles. The fraction of sp³-hybridized carbons (Fsp3) is 0.391. The van der Waals surface area contributed by atoms with Crippen LogP contribution in [0.25, 0.3) is 10.2 Å². The molecule has 0 radical (unpaired) electrons. The first kappa shape index (κ1) is 23.0. The third-order valence-corrected chi connectivity index (χ3v) is 6.72. The van der Waals surface area contributed by atoms with Gasteiger partial charge in [-0.1, -0.05) is 29.0 Å². The lowest BCUT2D eigenvalue weighted by atomic mass is 9.90. The van der Waals surface area contributed by atoms with Crippen LogP contribution in [0.5, 0.6) is 0 Å². The van der Waals surface area contributed by atoms with E-state index in [2.05, 4.69) is 17.0 Å². The molecule has 0 saturated carbocycles. The summed E-state index contributed by atoms with van der Waals surface area (Å²) in [5.41, 5.74) is 5.41. The minimum atomic E-state index is 0. The van der Waals surface area contributed by atoms with Gasteiger partial charge < -0.3 is 4.90 Å². The predicted molar refractivity (Wildman–Crippen MR) is 130 cm³/mol. The number of thiazole rings is 1. The van der Waals surface area contributed by atoms with Gasteiger partial charge in [0.25, 0.3) is 5.91 Å². The quantitative estimate of drug-likeness (QED) is 0.481. The van der Waals surface area contributed by atoms with Gasteiger partial charge in [0.1, 0.15) is 0 Å². The molecular formula is C23H27Cl2N3OS. The Hall–Kier alpha value is -1.66. The smallest absolute Gasteiger partial charge is 0.260 e. The average molecular weight is 464 g/mol. The molecule has 4 nitrogen and oxygen atoms in total. The summed E-state index contributed by atoms with van der Waals surface area (Å²) in [5.74, 6) is 0.0167. The molecule has 1 heterocycles. The second-order valence-corrected chi connectivity index (χ2v) is 9.46. The van der Waals surface area contributed by atoms with Crippen LogP contribution in [0, 0.1) is 6.92 Å². The number of amides is 1. The SMILES string of the molecule is Cc1cc(Cl)cc2sc(N(CCN(C)C)C(=O)c3ccc4c(c3)CCCC4)nc12.Cl. The van der Waals surface area contributed by atoms with Gasteiger partial charge in [0, 0.05) is 23.7 Å². The predicted octanol–water partition coefficient (Wildman–Crippen LogP) is 5.77. The molecule has 30 heavy (non-hydrogen) atoms. The molecule has 3 aromatic rings. The van der Waals surface area contributed by atoms with Crippen molar-refractivity contribution in [2.75, 3.05) is 32.1 Å². The summed E-state index contributed by atoms with van der Waals surface area (Å²) in [4.78, 5) is 22.2. The van der Waals surface area contributed by atoms with Gasteiger partial charge in [0.05, 0.1) is 10.2 Å². The van der Waals surface area contributed by atoms with Gasteiger partial charge in [-0.3, -0.25) is 9.69 Å². The largest absolute Gasteiger partial charge is 0.308 e. The van der Waals surface area contributed by atoms with Gasteiger partial charge in [-0.15, -0.1) is 12.4 Å². The minimum absolute atomic E-state index is 0. The Kier molecular flexibility index (Phi) is 7.40. The number of nitrogens with zero attached hydrogens (tertiary/aromatic N) is 3. The number of carbonyl (C=O) groups excluding carboxylic acids is 1. The maximum Gasteiger partial charge on any atom is 0.260 e. The highest BCUT2D eigenvalue weighted by atomic mass is 35.5. The second-order valence-electron chi connectivity index (χ2n) is 8.02. The van der Waals surface area contributed by atoms with Crippen LogP contribution in [0.3, 0.4) is 0 Å². The molecule has 1 aliphatic carbocycles. The monoisotopic (exact) mass is 463 g/mol. The Balaban J connectivity index is 0.00000256. The third-order valence-electron chi connectivity index (χ3n) is 5.48. The Morgan fingerprint density at radius 3 is 2.57 bits per heavy atom. The van der Waals surface area contributed by atoms with E-state index in [1.54, 1.807) is 0 Å². The first-order valence-corrected chi connectivity index (χ1v) is 11.3. The van der Waals surface area contributed by atoms with Crippen LogP contribution in [0.2, 0.25) is 5.02 Å². The van der Waals surface area contributed by atoms with E-state index in [4.69, 9.17) is 16.6 Å². The summed E-state index contributed by atoms with van der Waals surface area (Å²) in [7, 11) is 4.04. The van der Waals surface area contributed by atoms with E-state index in [1.807, 2.05) is 44.1 Å². The van der Waals surface area contributed by atoms with Crippen molar-refractivity contribution in [1.82, 2.24) is 9.88 Å². The highest BCUT2D eigenvalue weighted by molar-refractivity contribution is 7.22. The zero-order chi connectivity index (χ0) is 20.5. The van der Waals surface area contributed by atoms with Crippen LogP contribution in [-0.2, 0) is 12.8 Å². The zero-order valence-electron chi connectivity index (χ0n) is 17.6. The van der Waals surface area contributed by atoms with Gasteiger partial charge in [0.15, 0.2) is 5.13 Å². The molecule has 0 spiro atoms. The van der Waals surface area contributed by atoms with E-state index < -0.39 is 0 Å². The number of likely N-dealkylation sites (N-methyl/N-ethyl adjacent to an activating group) is 1. The average Bonchev–Trinajstić information content (AvgIpc) is 3.11. The first-order chi connectivity index (χ1) is 13.9. The van der Waals surface area contributed by atoms with Crippen molar-refractivity contribution < 1.29 is 4.79 Å². The minimum Gasteiger partial charge on any atom is -0.308 e. The number of rotatable bonds is 5.